The number of phenols is 1. The zero-order chi connectivity index (χ0) is 14.0. The van der Waals surface area contributed by atoms with Gasteiger partial charge in [-0.2, -0.15) is 0 Å². The van der Waals surface area contributed by atoms with E-state index in [2.05, 4.69) is 4.98 Å². The van der Waals surface area contributed by atoms with Crippen LogP contribution in [0.25, 0.3) is 0 Å². The number of hydrogen-bond acceptors (Lipinski definition) is 3. The van der Waals surface area contributed by atoms with E-state index in [0.29, 0.717) is 11.3 Å². The maximum Gasteiger partial charge on any atom is 0.259 e. The van der Waals surface area contributed by atoms with E-state index in [1.807, 2.05) is 0 Å². The van der Waals surface area contributed by atoms with Crippen LogP contribution in [0.3, 0.4) is 0 Å². The fourth-order valence-corrected chi connectivity index (χ4v) is 1.80. The molecule has 19 heavy (non-hydrogen) atoms. The summed E-state index contributed by atoms with van der Waals surface area (Å²) in [6.45, 7) is 0. The summed E-state index contributed by atoms with van der Waals surface area (Å²) in [5.41, 5.74) is 0.985. The molecule has 1 N–H and O–H groups in total. The maximum atomic E-state index is 12.2. The maximum absolute atomic E-state index is 12.2. The summed E-state index contributed by atoms with van der Waals surface area (Å²) in [6.07, 6.45) is 1.37. The topological polar surface area (TPSA) is 53.4 Å². The highest BCUT2D eigenvalue weighted by atomic mass is 35.5. The Balaban J connectivity index is 2.28. The lowest BCUT2D eigenvalue weighted by atomic mass is 10.2. The number of halogens is 2. The third-order valence-corrected chi connectivity index (χ3v) is 3.27. The molecule has 0 radical (unpaired) electrons. The van der Waals surface area contributed by atoms with Crippen molar-refractivity contribution in [3.63, 3.8) is 0 Å². The Morgan fingerprint density at radius 2 is 1.89 bits per heavy atom. The lowest BCUT2D eigenvalue weighted by Crippen LogP contribution is -2.26. The Hall–Kier alpha value is -1.78. The van der Waals surface area contributed by atoms with E-state index in [4.69, 9.17) is 23.2 Å². The largest absolute Gasteiger partial charge is 0.508 e. The molecule has 1 aromatic heterocycles. The molecule has 2 rings (SSSR count). The lowest BCUT2D eigenvalue weighted by Gasteiger charge is -2.17. The molecule has 1 heterocycles. The summed E-state index contributed by atoms with van der Waals surface area (Å²) in [5.74, 6) is -0.127. The normalized spacial score (nSPS) is 10.3. The van der Waals surface area contributed by atoms with Gasteiger partial charge in [-0.15, -0.1) is 0 Å². The number of nitrogens with zero attached hydrogens (tertiary/aromatic N) is 2. The molecule has 0 spiro atoms. The van der Waals surface area contributed by atoms with Gasteiger partial charge >= 0.3 is 0 Å². The summed E-state index contributed by atoms with van der Waals surface area (Å²) in [5, 5.41) is 9.60. The number of anilines is 1. The van der Waals surface area contributed by atoms with Gasteiger partial charge in [0, 0.05) is 18.9 Å². The first kappa shape index (κ1) is 13.6. The number of rotatable bonds is 2. The standard InChI is InChI=1S/C13H10Cl2N2O2/c1-17(9-2-4-10(18)5-3-9)13(19)8-6-11(14)12(15)16-7-8/h2-7,18H,1H3. The summed E-state index contributed by atoms with van der Waals surface area (Å²) in [4.78, 5) is 17.5. The molecular weight excluding hydrogens is 287 g/mol. The molecular formula is C13H10Cl2N2O2. The molecule has 0 saturated heterocycles. The van der Waals surface area contributed by atoms with E-state index >= 15 is 0 Å². The van der Waals surface area contributed by atoms with Crippen LogP contribution in [0.5, 0.6) is 5.75 Å². The van der Waals surface area contributed by atoms with Gasteiger partial charge in [-0.25, -0.2) is 4.98 Å². The SMILES string of the molecule is CN(C(=O)c1cnc(Cl)c(Cl)c1)c1ccc(O)cc1. The van der Waals surface area contributed by atoms with Gasteiger partial charge in [0.1, 0.15) is 10.9 Å². The van der Waals surface area contributed by atoms with E-state index in [-0.39, 0.29) is 21.8 Å². The second kappa shape index (κ2) is 5.47. The van der Waals surface area contributed by atoms with Crippen molar-refractivity contribution in [2.75, 3.05) is 11.9 Å². The zero-order valence-electron chi connectivity index (χ0n) is 9.97. The Morgan fingerprint density at radius 1 is 1.26 bits per heavy atom. The van der Waals surface area contributed by atoms with Crippen LogP contribution < -0.4 is 4.90 Å². The van der Waals surface area contributed by atoms with Crippen LogP contribution in [0.2, 0.25) is 10.2 Å². The minimum absolute atomic E-state index is 0.140. The third kappa shape index (κ3) is 2.97. The molecule has 0 fully saturated rings. The van der Waals surface area contributed by atoms with Crippen molar-refractivity contribution in [3.05, 3.63) is 52.3 Å². The van der Waals surface area contributed by atoms with Crippen LogP contribution >= 0.6 is 23.2 Å². The van der Waals surface area contributed by atoms with Gasteiger partial charge in [0.15, 0.2) is 0 Å². The number of benzene rings is 1. The number of pyridine rings is 1. The second-order valence-corrected chi connectivity index (χ2v) is 4.64. The number of hydrogen-bond donors (Lipinski definition) is 1. The molecule has 0 saturated carbocycles. The predicted octanol–water partition coefficient (Wildman–Crippen LogP) is 3.37. The average Bonchev–Trinajstić information content (AvgIpc) is 2.41. The fraction of sp³-hybridized carbons (Fsp3) is 0.0769. The Labute approximate surface area is 120 Å². The quantitative estimate of drug-likeness (QED) is 0.865. The highest BCUT2D eigenvalue weighted by molar-refractivity contribution is 6.41. The number of carbonyl (C=O) groups is 1. The molecule has 4 nitrogen and oxygen atoms in total. The minimum Gasteiger partial charge on any atom is -0.508 e. The fourth-order valence-electron chi connectivity index (χ4n) is 1.53. The Morgan fingerprint density at radius 3 is 2.47 bits per heavy atom. The highest BCUT2D eigenvalue weighted by Crippen LogP contribution is 2.22. The van der Waals surface area contributed by atoms with Crippen molar-refractivity contribution in [1.82, 2.24) is 4.98 Å². The number of aromatic nitrogens is 1. The van der Waals surface area contributed by atoms with E-state index in [1.165, 1.54) is 29.3 Å². The van der Waals surface area contributed by atoms with E-state index in [0.717, 1.165) is 0 Å². The van der Waals surface area contributed by atoms with Gasteiger partial charge in [-0.1, -0.05) is 23.2 Å². The van der Waals surface area contributed by atoms with Crippen molar-refractivity contribution in [2.24, 2.45) is 0 Å². The Kier molecular flexibility index (Phi) is 3.93. The van der Waals surface area contributed by atoms with Gasteiger partial charge < -0.3 is 10.0 Å². The predicted molar refractivity (Wildman–Crippen MR) is 75.1 cm³/mol. The first-order chi connectivity index (χ1) is 8.99. The van der Waals surface area contributed by atoms with Gasteiger partial charge in [-0.05, 0) is 30.3 Å². The number of amides is 1. The molecule has 1 aromatic carbocycles. The van der Waals surface area contributed by atoms with Crippen molar-refractivity contribution >= 4 is 34.8 Å². The molecule has 0 bridgehead atoms. The van der Waals surface area contributed by atoms with Crippen LogP contribution in [0.4, 0.5) is 5.69 Å². The summed E-state index contributed by atoms with van der Waals surface area (Å²) in [7, 11) is 1.62. The van der Waals surface area contributed by atoms with Crippen LogP contribution in [-0.4, -0.2) is 23.0 Å². The van der Waals surface area contributed by atoms with E-state index < -0.39 is 0 Å². The number of carbonyl (C=O) groups excluding carboxylic acids is 1. The molecule has 0 aliphatic heterocycles. The van der Waals surface area contributed by atoms with E-state index in [1.54, 1.807) is 19.2 Å². The van der Waals surface area contributed by atoms with Gasteiger partial charge in [0.05, 0.1) is 10.6 Å². The molecule has 1 amide bonds. The first-order valence-corrected chi connectivity index (χ1v) is 6.13. The number of phenolic OH excluding ortho intramolecular Hbond substituents is 1. The molecule has 0 aliphatic carbocycles. The van der Waals surface area contributed by atoms with Crippen LogP contribution in [-0.2, 0) is 0 Å². The molecule has 2 aromatic rings. The minimum atomic E-state index is -0.267. The summed E-state index contributed by atoms with van der Waals surface area (Å²) >= 11 is 11.5. The Bertz CT molecular complexity index is 615. The second-order valence-electron chi connectivity index (χ2n) is 3.88. The van der Waals surface area contributed by atoms with Crippen molar-refractivity contribution in [2.45, 2.75) is 0 Å². The van der Waals surface area contributed by atoms with Gasteiger partial charge in [-0.3, -0.25) is 4.79 Å². The molecule has 6 heteroatoms. The summed E-state index contributed by atoms with van der Waals surface area (Å²) in [6, 6.07) is 7.75. The molecule has 98 valence electrons. The van der Waals surface area contributed by atoms with Crippen molar-refractivity contribution in [3.8, 4) is 5.75 Å². The monoisotopic (exact) mass is 296 g/mol. The average molecular weight is 297 g/mol. The van der Waals surface area contributed by atoms with Gasteiger partial charge in [0.25, 0.3) is 5.91 Å². The lowest BCUT2D eigenvalue weighted by molar-refractivity contribution is 0.0992. The smallest absolute Gasteiger partial charge is 0.259 e. The van der Waals surface area contributed by atoms with E-state index in [9.17, 15) is 9.90 Å². The van der Waals surface area contributed by atoms with Crippen LogP contribution in [0.15, 0.2) is 36.5 Å². The highest BCUT2D eigenvalue weighted by Gasteiger charge is 2.15. The summed E-state index contributed by atoms with van der Waals surface area (Å²) < 4.78 is 0. The van der Waals surface area contributed by atoms with Crippen LogP contribution in [0.1, 0.15) is 10.4 Å². The van der Waals surface area contributed by atoms with Crippen molar-refractivity contribution < 1.29 is 9.90 Å². The van der Waals surface area contributed by atoms with Gasteiger partial charge in [0.2, 0.25) is 0 Å². The zero-order valence-corrected chi connectivity index (χ0v) is 11.5. The molecule has 0 atom stereocenters. The number of aromatic hydroxyl groups is 1. The van der Waals surface area contributed by atoms with Crippen molar-refractivity contribution in [1.29, 1.82) is 0 Å². The molecule has 0 aliphatic rings. The molecule has 0 unspecified atom stereocenters. The first-order valence-electron chi connectivity index (χ1n) is 5.37. The van der Waals surface area contributed by atoms with Crippen LogP contribution in [0, 0.1) is 0 Å². The third-order valence-electron chi connectivity index (χ3n) is 2.58.